The quantitative estimate of drug-likeness (QED) is 0.469. The smallest absolute Gasteiger partial charge is 0.238 e. The molecule has 0 bridgehead atoms. The van der Waals surface area contributed by atoms with Gasteiger partial charge in [-0.3, -0.25) is 15.1 Å². The van der Waals surface area contributed by atoms with E-state index in [1.807, 2.05) is 6.92 Å². The lowest BCUT2D eigenvalue weighted by Gasteiger charge is -2.32. The number of nitrogens with one attached hydrogen (secondary N) is 1. The van der Waals surface area contributed by atoms with Gasteiger partial charge in [-0.25, -0.2) is 5.84 Å². The number of carbonyl (C=O) groups excluding carboxylic acids is 1. The van der Waals surface area contributed by atoms with Gasteiger partial charge in [-0.2, -0.15) is 0 Å². The second-order valence-electron chi connectivity index (χ2n) is 5.02. The summed E-state index contributed by atoms with van der Waals surface area (Å²) in [7, 11) is 0. The third-order valence-corrected chi connectivity index (χ3v) is 4.60. The second kappa shape index (κ2) is 5.82. The first-order valence-corrected chi connectivity index (χ1v) is 7.30. The predicted molar refractivity (Wildman–Crippen MR) is 73.8 cm³/mol. The third-order valence-electron chi connectivity index (χ3n) is 3.74. The van der Waals surface area contributed by atoms with Gasteiger partial charge in [0.05, 0.1) is 5.92 Å². The Labute approximate surface area is 112 Å². The Kier molecular flexibility index (Phi) is 4.37. The molecule has 0 spiro atoms. The fraction of sp³-hybridized carbons (Fsp3) is 0.615. The summed E-state index contributed by atoms with van der Waals surface area (Å²) in [5.41, 5.74) is 2.26. The molecule has 1 saturated carbocycles. The first-order valence-electron chi connectivity index (χ1n) is 6.42. The summed E-state index contributed by atoms with van der Waals surface area (Å²) in [4.78, 5) is 15.4. The Morgan fingerprint density at radius 2 is 2.33 bits per heavy atom. The number of carbonyl (C=O) groups is 1. The van der Waals surface area contributed by atoms with Crippen LogP contribution >= 0.6 is 11.3 Å². The van der Waals surface area contributed by atoms with Crippen LogP contribution in [0.1, 0.15) is 31.6 Å². The van der Waals surface area contributed by atoms with Crippen LogP contribution in [0.25, 0.3) is 0 Å². The number of rotatable bonds is 6. The van der Waals surface area contributed by atoms with Crippen LogP contribution < -0.4 is 11.3 Å². The van der Waals surface area contributed by atoms with Crippen LogP contribution in [0.3, 0.4) is 0 Å². The standard InChI is InChI=1S/C13H21N3OS/c1-9(13(17)15-14)10(2)16(11-5-6-11)8-12-4-3-7-18-12/h3-4,7,9-11H,5-6,8,14H2,1-2H3,(H,15,17). The highest BCUT2D eigenvalue weighted by molar-refractivity contribution is 7.09. The number of thiophene rings is 1. The zero-order chi connectivity index (χ0) is 13.1. The SMILES string of the molecule is CC(C(=O)NN)C(C)N(Cc1cccs1)C1CC1. The van der Waals surface area contributed by atoms with Crippen molar-refractivity contribution in [1.82, 2.24) is 10.3 Å². The largest absolute Gasteiger partial charge is 0.294 e. The molecule has 1 heterocycles. The van der Waals surface area contributed by atoms with E-state index in [1.165, 1.54) is 17.7 Å². The van der Waals surface area contributed by atoms with Gasteiger partial charge in [0.25, 0.3) is 0 Å². The van der Waals surface area contributed by atoms with Crippen LogP contribution in [0.4, 0.5) is 0 Å². The van der Waals surface area contributed by atoms with Crippen LogP contribution in [0.5, 0.6) is 0 Å². The van der Waals surface area contributed by atoms with Crippen molar-refractivity contribution in [3.63, 3.8) is 0 Å². The number of hydrogen-bond acceptors (Lipinski definition) is 4. The summed E-state index contributed by atoms with van der Waals surface area (Å²) in [6.07, 6.45) is 2.49. The number of hydrogen-bond donors (Lipinski definition) is 2. The molecule has 1 aromatic heterocycles. The first kappa shape index (κ1) is 13.5. The summed E-state index contributed by atoms with van der Waals surface area (Å²) in [5, 5.41) is 2.10. The summed E-state index contributed by atoms with van der Waals surface area (Å²) < 4.78 is 0. The molecule has 100 valence electrons. The Morgan fingerprint density at radius 3 is 2.83 bits per heavy atom. The lowest BCUT2D eigenvalue weighted by molar-refractivity contribution is -0.126. The molecule has 5 heteroatoms. The van der Waals surface area contributed by atoms with E-state index in [2.05, 4.69) is 34.8 Å². The molecule has 1 aliphatic carbocycles. The average Bonchev–Trinajstić information content (AvgIpc) is 3.10. The molecule has 0 aromatic carbocycles. The molecule has 0 saturated heterocycles. The molecular weight excluding hydrogens is 246 g/mol. The molecule has 0 aliphatic heterocycles. The summed E-state index contributed by atoms with van der Waals surface area (Å²) in [6.45, 7) is 4.99. The molecule has 2 atom stereocenters. The summed E-state index contributed by atoms with van der Waals surface area (Å²) in [6, 6.07) is 5.07. The van der Waals surface area contributed by atoms with Crippen molar-refractivity contribution in [2.45, 2.75) is 45.3 Å². The maximum Gasteiger partial charge on any atom is 0.238 e. The third kappa shape index (κ3) is 3.10. The van der Waals surface area contributed by atoms with Gasteiger partial charge in [-0.15, -0.1) is 11.3 Å². The molecule has 1 aromatic rings. The Hall–Kier alpha value is -0.910. The van der Waals surface area contributed by atoms with Crippen LogP contribution in [0.2, 0.25) is 0 Å². The minimum atomic E-state index is -0.0874. The van der Waals surface area contributed by atoms with E-state index < -0.39 is 0 Å². The van der Waals surface area contributed by atoms with Gasteiger partial charge in [0.1, 0.15) is 0 Å². The van der Waals surface area contributed by atoms with Gasteiger partial charge < -0.3 is 0 Å². The van der Waals surface area contributed by atoms with E-state index in [9.17, 15) is 4.79 Å². The Balaban J connectivity index is 2.03. The van der Waals surface area contributed by atoms with Crippen molar-refractivity contribution in [1.29, 1.82) is 0 Å². The zero-order valence-electron chi connectivity index (χ0n) is 10.9. The van der Waals surface area contributed by atoms with Crippen LogP contribution in [0, 0.1) is 5.92 Å². The van der Waals surface area contributed by atoms with Crippen LogP contribution in [0.15, 0.2) is 17.5 Å². The fourth-order valence-corrected chi connectivity index (χ4v) is 2.94. The van der Waals surface area contributed by atoms with Crippen molar-refractivity contribution >= 4 is 17.2 Å². The number of nitrogens with zero attached hydrogens (tertiary/aromatic N) is 1. The minimum absolute atomic E-state index is 0.0840. The van der Waals surface area contributed by atoms with E-state index in [4.69, 9.17) is 5.84 Å². The lowest BCUT2D eigenvalue weighted by atomic mass is 10.0. The number of nitrogens with two attached hydrogens (primary N) is 1. The lowest BCUT2D eigenvalue weighted by Crippen LogP contribution is -2.46. The molecule has 1 amide bonds. The van der Waals surface area contributed by atoms with Gasteiger partial charge >= 0.3 is 0 Å². The van der Waals surface area contributed by atoms with Crippen LogP contribution in [-0.2, 0) is 11.3 Å². The van der Waals surface area contributed by atoms with Gasteiger partial charge in [-0.1, -0.05) is 13.0 Å². The van der Waals surface area contributed by atoms with Gasteiger partial charge in [-0.05, 0) is 31.2 Å². The van der Waals surface area contributed by atoms with Crippen LogP contribution in [-0.4, -0.2) is 22.9 Å². The second-order valence-corrected chi connectivity index (χ2v) is 6.05. The van der Waals surface area contributed by atoms with Crippen molar-refractivity contribution in [2.75, 3.05) is 0 Å². The average molecular weight is 267 g/mol. The predicted octanol–water partition coefficient (Wildman–Crippen LogP) is 1.73. The molecule has 0 radical (unpaired) electrons. The van der Waals surface area contributed by atoms with E-state index in [-0.39, 0.29) is 17.9 Å². The molecule has 3 N–H and O–H groups in total. The van der Waals surface area contributed by atoms with E-state index in [0.29, 0.717) is 6.04 Å². The normalized spacial score (nSPS) is 18.7. The first-order chi connectivity index (χ1) is 8.63. The Bertz CT molecular complexity index is 389. The zero-order valence-corrected chi connectivity index (χ0v) is 11.7. The maximum absolute atomic E-state index is 11.6. The highest BCUT2D eigenvalue weighted by Gasteiger charge is 2.35. The van der Waals surface area contributed by atoms with Crippen molar-refractivity contribution in [3.8, 4) is 0 Å². The fourth-order valence-electron chi connectivity index (χ4n) is 2.23. The monoisotopic (exact) mass is 267 g/mol. The molecular formula is C13H21N3OS. The van der Waals surface area contributed by atoms with Gasteiger partial charge in [0.15, 0.2) is 0 Å². The Morgan fingerprint density at radius 1 is 1.61 bits per heavy atom. The van der Waals surface area contributed by atoms with Crippen molar-refractivity contribution in [3.05, 3.63) is 22.4 Å². The molecule has 2 rings (SSSR count). The van der Waals surface area contributed by atoms with Gasteiger partial charge in [0.2, 0.25) is 5.91 Å². The van der Waals surface area contributed by atoms with Crippen molar-refractivity contribution < 1.29 is 4.79 Å². The summed E-state index contributed by atoms with van der Waals surface area (Å²) >= 11 is 1.77. The minimum Gasteiger partial charge on any atom is -0.294 e. The molecule has 1 fully saturated rings. The molecule has 4 nitrogen and oxygen atoms in total. The number of hydrazine groups is 1. The highest BCUT2D eigenvalue weighted by Crippen LogP contribution is 2.32. The van der Waals surface area contributed by atoms with Gasteiger partial charge in [0, 0.05) is 23.5 Å². The van der Waals surface area contributed by atoms with Crippen molar-refractivity contribution in [2.24, 2.45) is 11.8 Å². The molecule has 2 unspecified atom stereocenters. The highest BCUT2D eigenvalue weighted by atomic mass is 32.1. The van der Waals surface area contributed by atoms with E-state index in [0.717, 1.165) is 6.54 Å². The molecule has 1 aliphatic rings. The summed E-state index contributed by atoms with van der Waals surface area (Å²) in [5.74, 6) is 5.05. The van der Waals surface area contributed by atoms with E-state index >= 15 is 0 Å². The number of amides is 1. The topological polar surface area (TPSA) is 58.4 Å². The van der Waals surface area contributed by atoms with E-state index in [1.54, 1.807) is 11.3 Å². The maximum atomic E-state index is 11.6. The molecule has 18 heavy (non-hydrogen) atoms.